The minimum Gasteiger partial charge on any atom is -0.490 e. The first-order valence-electron chi connectivity index (χ1n) is 9.50. The fraction of sp³-hybridized carbons (Fsp3) is 0.125. The maximum Gasteiger partial charge on any atom is 0.216 e. The number of hydrogen-bond acceptors (Lipinski definition) is 5. The molecule has 0 amide bonds. The van der Waals surface area contributed by atoms with Crippen LogP contribution in [0.3, 0.4) is 0 Å². The number of nitriles is 1. The molecule has 3 aromatic carbocycles. The van der Waals surface area contributed by atoms with Gasteiger partial charge in [0.1, 0.15) is 17.6 Å². The van der Waals surface area contributed by atoms with Crippen molar-refractivity contribution in [2.45, 2.75) is 18.4 Å². The van der Waals surface area contributed by atoms with Crippen LogP contribution in [0.25, 0.3) is 6.08 Å². The van der Waals surface area contributed by atoms with E-state index >= 15 is 0 Å². The molecule has 0 fully saturated rings. The minimum atomic E-state index is -3.92. The molecule has 0 aromatic heterocycles. The summed E-state index contributed by atoms with van der Waals surface area (Å²) < 4.78 is 37.1. The molecule has 0 saturated heterocycles. The van der Waals surface area contributed by atoms with Crippen LogP contribution in [-0.4, -0.2) is 15.0 Å². The number of hydrogen-bond donors (Lipinski definition) is 0. The van der Waals surface area contributed by atoms with Crippen molar-refractivity contribution in [1.82, 2.24) is 0 Å². The van der Waals surface area contributed by atoms with E-state index in [-0.39, 0.29) is 9.80 Å². The second kappa shape index (κ2) is 10.2. The average molecular weight is 454 g/mol. The van der Waals surface area contributed by atoms with E-state index in [1.165, 1.54) is 18.2 Å². The molecular formula is C24H20ClNO4S. The molecule has 0 saturated carbocycles. The van der Waals surface area contributed by atoms with Gasteiger partial charge in [-0.1, -0.05) is 48.0 Å². The van der Waals surface area contributed by atoms with E-state index < -0.39 is 9.84 Å². The monoisotopic (exact) mass is 453 g/mol. The van der Waals surface area contributed by atoms with Crippen molar-refractivity contribution >= 4 is 27.5 Å². The number of allylic oxidation sites excluding steroid dienone is 1. The van der Waals surface area contributed by atoms with Gasteiger partial charge in [-0.25, -0.2) is 8.42 Å². The largest absolute Gasteiger partial charge is 0.490 e. The van der Waals surface area contributed by atoms with E-state index in [0.29, 0.717) is 35.3 Å². The second-order valence-corrected chi connectivity index (χ2v) is 8.85. The van der Waals surface area contributed by atoms with Crippen molar-refractivity contribution in [2.24, 2.45) is 0 Å². The van der Waals surface area contributed by atoms with Crippen LogP contribution < -0.4 is 9.47 Å². The van der Waals surface area contributed by atoms with Gasteiger partial charge < -0.3 is 9.47 Å². The number of ether oxygens (including phenoxy) is 2. The third-order valence-corrected chi connectivity index (χ3v) is 6.26. The van der Waals surface area contributed by atoms with Crippen LogP contribution in [0.2, 0.25) is 5.02 Å². The molecule has 0 aliphatic carbocycles. The molecule has 0 aliphatic heterocycles. The van der Waals surface area contributed by atoms with Gasteiger partial charge in [0, 0.05) is 5.02 Å². The molecule has 0 aliphatic rings. The second-order valence-electron chi connectivity index (χ2n) is 6.49. The van der Waals surface area contributed by atoms with Crippen LogP contribution >= 0.6 is 11.6 Å². The Bertz CT molecular complexity index is 1210. The summed E-state index contributed by atoms with van der Waals surface area (Å²) in [5.74, 6) is 0.970. The third kappa shape index (κ3) is 5.66. The molecule has 3 aromatic rings. The SMILES string of the molecule is CCOc1cc(C=C(C#N)S(=O)(=O)c2ccccc2)ccc1OCc1ccc(Cl)cc1. The van der Waals surface area contributed by atoms with Crippen LogP contribution in [0.15, 0.2) is 82.6 Å². The molecule has 0 N–H and O–H groups in total. The molecule has 0 atom stereocenters. The Morgan fingerprint density at radius 1 is 1.00 bits per heavy atom. The lowest BCUT2D eigenvalue weighted by atomic mass is 10.2. The standard InChI is InChI=1S/C24H20ClNO4S/c1-2-29-24-15-19(10-13-23(24)30-17-18-8-11-20(25)12-9-18)14-22(16-26)31(27,28)21-6-4-3-5-7-21/h3-15H,2,17H2,1H3. The van der Waals surface area contributed by atoms with Crippen molar-refractivity contribution in [3.63, 3.8) is 0 Å². The quantitative estimate of drug-likeness (QED) is 0.411. The van der Waals surface area contributed by atoms with Crippen molar-refractivity contribution in [1.29, 1.82) is 5.26 Å². The summed E-state index contributed by atoms with van der Waals surface area (Å²) >= 11 is 5.91. The summed E-state index contributed by atoms with van der Waals surface area (Å²) in [5.41, 5.74) is 1.45. The van der Waals surface area contributed by atoms with Crippen LogP contribution in [0.5, 0.6) is 11.5 Å². The molecule has 0 spiro atoms. The third-order valence-electron chi connectivity index (χ3n) is 4.33. The summed E-state index contributed by atoms with van der Waals surface area (Å²) in [6.07, 6.45) is 1.33. The van der Waals surface area contributed by atoms with Crippen molar-refractivity contribution in [2.75, 3.05) is 6.61 Å². The number of rotatable bonds is 8. The highest BCUT2D eigenvalue weighted by Gasteiger charge is 2.20. The Hall–Kier alpha value is -3.27. The van der Waals surface area contributed by atoms with Gasteiger partial charge in [0.25, 0.3) is 0 Å². The Morgan fingerprint density at radius 2 is 1.71 bits per heavy atom. The van der Waals surface area contributed by atoms with Gasteiger partial charge in [0.2, 0.25) is 9.84 Å². The van der Waals surface area contributed by atoms with Gasteiger partial charge in [-0.05, 0) is 60.5 Å². The Kier molecular flexibility index (Phi) is 7.35. The minimum absolute atomic E-state index is 0.0655. The summed E-state index contributed by atoms with van der Waals surface area (Å²) in [6, 6.07) is 22.0. The Balaban J connectivity index is 1.88. The smallest absolute Gasteiger partial charge is 0.216 e. The lowest BCUT2D eigenvalue weighted by Crippen LogP contribution is -2.03. The van der Waals surface area contributed by atoms with Crippen molar-refractivity contribution in [3.8, 4) is 17.6 Å². The highest BCUT2D eigenvalue weighted by atomic mass is 35.5. The number of sulfone groups is 1. The van der Waals surface area contributed by atoms with Crippen LogP contribution in [0.4, 0.5) is 0 Å². The first-order valence-corrected chi connectivity index (χ1v) is 11.4. The summed E-state index contributed by atoms with van der Waals surface area (Å²) in [7, 11) is -3.92. The van der Waals surface area contributed by atoms with Gasteiger partial charge in [0.15, 0.2) is 11.5 Å². The first kappa shape index (κ1) is 22.4. The molecule has 7 heteroatoms. The van der Waals surface area contributed by atoms with Gasteiger partial charge >= 0.3 is 0 Å². The molecule has 0 unspecified atom stereocenters. The summed E-state index contributed by atoms with van der Waals surface area (Å²) in [4.78, 5) is -0.285. The summed E-state index contributed by atoms with van der Waals surface area (Å²) in [6.45, 7) is 2.56. The fourth-order valence-corrected chi connectivity index (χ4v) is 4.10. The number of halogens is 1. The molecule has 31 heavy (non-hydrogen) atoms. The average Bonchev–Trinajstić information content (AvgIpc) is 2.78. The van der Waals surface area contributed by atoms with Crippen molar-refractivity contribution in [3.05, 3.63) is 93.9 Å². The summed E-state index contributed by atoms with van der Waals surface area (Å²) in [5, 5.41) is 10.1. The molecule has 0 bridgehead atoms. The molecule has 0 radical (unpaired) electrons. The maximum absolute atomic E-state index is 12.8. The molecule has 5 nitrogen and oxygen atoms in total. The molecule has 3 rings (SSSR count). The van der Waals surface area contributed by atoms with Gasteiger partial charge in [-0.2, -0.15) is 5.26 Å². The van der Waals surface area contributed by atoms with E-state index in [1.807, 2.05) is 19.1 Å². The number of nitrogens with zero attached hydrogens (tertiary/aromatic N) is 1. The predicted octanol–water partition coefficient (Wildman–Crippen LogP) is 5.66. The highest BCUT2D eigenvalue weighted by molar-refractivity contribution is 7.95. The lowest BCUT2D eigenvalue weighted by Gasteiger charge is -2.13. The number of benzene rings is 3. The van der Waals surface area contributed by atoms with E-state index in [0.717, 1.165) is 5.56 Å². The first-order chi connectivity index (χ1) is 14.9. The Labute approximate surface area is 187 Å². The van der Waals surface area contributed by atoms with Gasteiger partial charge in [-0.15, -0.1) is 0 Å². The van der Waals surface area contributed by atoms with E-state index in [9.17, 15) is 13.7 Å². The van der Waals surface area contributed by atoms with E-state index in [2.05, 4.69) is 0 Å². The fourth-order valence-electron chi connectivity index (χ4n) is 2.79. The topological polar surface area (TPSA) is 76.4 Å². The maximum atomic E-state index is 12.8. The zero-order valence-corrected chi connectivity index (χ0v) is 18.4. The lowest BCUT2D eigenvalue weighted by molar-refractivity contribution is 0.269. The zero-order chi connectivity index (χ0) is 22.3. The Morgan fingerprint density at radius 3 is 2.35 bits per heavy atom. The van der Waals surface area contributed by atoms with Crippen LogP contribution in [0.1, 0.15) is 18.1 Å². The zero-order valence-electron chi connectivity index (χ0n) is 16.8. The van der Waals surface area contributed by atoms with Crippen molar-refractivity contribution < 1.29 is 17.9 Å². The van der Waals surface area contributed by atoms with Crippen LogP contribution in [0, 0.1) is 11.3 Å². The normalized spacial score (nSPS) is 11.6. The molecule has 158 valence electrons. The highest BCUT2D eigenvalue weighted by Crippen LogP contribution is 2.31. The predicted molar refractivity (Wildman–Crippen MR) is 121 cm³/mol. The van der Waals surface area contributed by atoms with E-state index in [1.54, 1.807) is 54.6 Å². The molecule has 0 heterocycles. The van der Waals surface area contributed by atoms with Gasteiger partial charge in [-0.3, -0.25) is 0 Å². The van der Waals surface area contributed by atoms with E-state index in [4.69, 9.17) is 21.1 Å². The van der Waals surface area contributed by atoms with Crippen LogP contribution in [-0.2, 0) is 16.4 Å². The van der Waals surface area contributed by atoms with Gasteiger partial charge in [0.05, 0.1) is 11.5 Å². The molecular weight excluding hydrogens is 434 g/mol.